The van der Waals surface area contributed by atoms with Gasteiger partial charge in [0.15, 0.2) is 0 Å². The van der Waals surface area contributed by atoms with E-state index in [1.807, 2.05) is 47.8 Å². The summed E-state index contributed by atoms with van der Waals surface area (Å²) < 4.78 is 6.77. The molecule has 4 heteroatoms. The van der Waals surface area contributed by atoms with Gasteiger partial charge in [0.1, 0.15) is 17.4 Å². The van der Waals surface area contributed by atoms with E-state index in [0.29, 0.717) is 5.76 Å². The van der Waals surface area contributed by atoms with E-state index in [1.165, 1.54) is 0 Å². The maximum atomic E-state index is 10.5. The van der Waals surface area contributed by atoms with Crippen molar-refractivity contribution in [3.05, 3.63) is 65.4 Å². The number of rotatable bonds is 2. The van der Waals surface area contributed by atoms with Gasteiger partial charge in [-0.05, 0) is 29.6 Å². The minimum Gasteiger partial charge on any atom is -0.458 e. The SMILES string of the molecule is OC(c1cnc2ccsc2c1)c1cc2ccccc2o1. The number of furan rings is 1. The van der Waals surface area contributed by atoms with Gasteiger partial charge in [-0.3, -0.25) is 4.98 Å². The van der Waals surface area contributed by atoms with Crippen LogP contribution in [0.2, 0.25) is 0 Å². The van der Waals surface area contributed by atoms with Crippen LogP contribution >= 0.6 is 11.3 Å². The Labute approximate surface area is 119 Å². The van der Waals surface area contributed by atoms with Crippen molar-refractivity contribution >= 4 is 32.5 Å². The molecule has 0 radical (unpaired) electrons. The highest BCUT2D eigenvalue weighted by atomic mass is 32.1. The molecule has 4 aromatic rings. The van der Waals surface area contributed by atoms with E-state index >= 15 is 0 Å². The molecule has 0 bridgehead atoms. The summed E-state index contributed by atoms with van der Waals surface area (Å²) in [5.74, 6) is 0.545. The average Bonchev–Trinajstić information content (AvgIpc) is 3.11. The Morgan fingerprint density at radius 1 is 1.15 bits per heavy atom. The minimum absolute atomic E-state index is 0.545. The fourth-order valence-electron chi connectivity index (χ4n) is 2.31. The van der Waals surface area contributed by atoms with Gasteiger partial charge in [-0.15, -0.1) is 11.3 Å². The lowest BCUT2D eigenvalue weighted by Crippen LogP contribution is -1.98. The van der Waals surface area contributed by atoms with Crippen molar-refractivity contribution in [2.75, 3.05) is 0 Å². The Morgan fingerprint density at radius 2 is 2.05 bits per heavy atom. The van der Waals surface area contributed by atoms with E-state index in [4.69, 9.17) is 4.42 Å². The summed E-state index contributed by atoms with van der Waals surface area (Å²) in [5.41, 5.74) is 2.49. The molecule has 98 valence electrons. The maximum Gasteiger partial charge on any atom is 0.138 e. The maximum absolute atomic E-state index is 10.5. The molecule has 0 fully saturated rings. The zero-order valence-corrected chi connectivity index (χ0v) is 11.3. The molecule has 3 heterocycles. The van der Waals surface area contributed by atoms with Crippen LogP contribution in [0.5, 0.6) is 0 Å². The minimum atomic E-state index is -0.790. The van der Waals surface area contributed by atoms with E-state index in [1.54, 1.807) is 17.5 Å². The highest BCUT2D eigenvalue weighted by Gasteiger charge is 2.16. The molecule has 0 aliphatic carbocycles. The first kappa shape index (κ1) is 11.6. The molecular formula is C16H11NO2S. The Morgan fingerprint density at radius 3 is 2.95 bits per heavy atom. The Balaban J connectivity index is 1.79. The van der Waals surface area contributed by atoms with Gasteiger partial charge in [-0.2, -0.15) is 0 Å². The van der Waals surface area contributed by atoms with Gasteiger partial charge >= 0.3 is 0 Å². The number of thiophene rings is 1. The van der Waals surface area contributed by atoms with Gasteiger partial charge in [0.2, 0.25) is 0 Å². The molecule has 4 rings (SSSR count). The zero-order valence-electron chi connectivity index (χ0n) is 10.5. The second-order valence-corrected chi connectivity index (χ2v) is 5.61. The predicted molar refractivity (Wildman–Crippen MR) is 79.9 cm³/mol. The second kappa shape index (κ2) is 4.44. The fourth-order valence-corrected chi connectivity index (χ4v) is 3.10. The lowest BCUT2D eigenvalue weighted by atomic mass is 10.1. The van der Waals surface area contributed by atoms with Crippen LogP contribution in [-0.2, 0) is 0 Å². The molecule has 0 aliphatic heterocycles. The quantitative estimate of drug-likeness (QED) is 0.601. The van der Waals surface area contributed by atoms with Gasteiger partial charge in [0.05, 0.1) is 10.2 Å². The first-order valence-electron chi connectivity index (χ1n) is 6.31. The average molecular weight is 281 g/mol. The third kappa shape index (κ3) is 1.81. The molecule has 3 nitrogen and oxygen atoms in total. The summed E-state index contributed by atoms with van der Waals surface area (Å²) >= 11 is 1.61. The molecular weight excluding hydrogens is 270 g/mol. The number of para-hydroxylation sites is 1. The molecule has 1 N–H and O–H groups in total. The van der Waals surface area contributed by atoms with Crippen LogP contribution in [0.4, 0.5) is 0 Å². The molecule has 3 aromatic heterocycles. The summed E-state index contributed by atoms with van der Waals surface area (Å²) in [6.07, 6.45) is 0.911. The van der Waals surface area contributed by atoms with Crippen molar-refractivity contribution in [2.24, 2.45) is 0 Å². The largest absolute Gasteiger partial charge is 0.458 e. The molecule has 1 aromatic carbocycles. The highest BCUT2D eigenvalue weighted by Crippen LogP contribution is 2.30. The van der Waals surface area contributed by atoms with Crippen LogP contribution < -0.4 is 0 Å². The summed E-state index contributed by atoms with van der Waals surface area (Å²) in [6.45, 7) is 0. The molecule has 0 aliphatic rings. The van der Waals surface area contributed by atoms with Crippen molar-refractivity contribution in [1.82, 2.24) is 4.98 Å². The van der Waals surface area contributed by atoms with Crippen LogP contribution in [0.1, 0.15) is 17.4 Å². The van der Waals surface area contributed by atoms with Crippen molar-refractivity contribution in [3.8, 4) is 0 Å². The van der Waals surface area contributed by atoms with Gasteiger partial charge in [-0.1, -0.05) is 18.2 Å². The number of benzene rings is 1. The van der Waals surface area contributed by atoms with Crippen LogP contribution in [0.25, 0.3) is 21.2 Å². The molecule has 1 unspecified atom stereocenters. The molecule has 1 atom stereocenters. The van der Waals surface area contributed by atoms with Crippen molar-refractivity contribution in [2.45, 2.75) is 6.10 Å². The van der Waals surface area contributed by atoms with Crippen LogP contribution in [-0.4, -0.2) is 10.1 Å². The fraction of sp³-hybridized carbons (Fsp3) is 0.0625. The molecule has 0 spiro atoms. The number of aliphatic hydroxyl groups excluding tert-OH is 1. The molecule has 0 saturated heterocycles. The van der Waals surface area contributed by atoms with Crippen LogP contribution in [0.3, 0.4) is 0 Å². The van der Waals surface area contributed by atoms with E-state index in [9.17, 15) is 5.11 Å². The van der Waals surface area contributed by atoms with Crippen molar-refractivity contribution in [1.29, 1.82) is 0 Å². The van der Waals surface area contributed by atoms with Crippen LogP contribution in [0, 0.1) is 0 Å². The number of fused-ring (bicyclic) bond motifs is 2. The number of nitrogens with zero attached hydrogens (tertiary/aromatic N) is 1. The number of hydrogen-bond donors (Lipinski definition) is 1. The van der Waals surface area contributed by atoms with Gasteiger partial charge in [0.25, 0.3) is 0 Å². The zero-order chi connectivity index (χ0) is 13.5. The second-order valence-electron chi connectivity index (χ2n) is 4.66. The summed E-state index contributed by atoms with van der Waals surface area (Å²) in [4.78, 5) is 4.35. The van der Waals surface area contributed by atoms with Crippen molar-refractivity contribution in [3.63, 3.8) is 0 Å². The summed E-state index contributed by atoms with van der Waals surface area (Å²) in [5, 5.41) is 13.4. The number of hydrogen-bond acceptors (Lipinski definition) is 4. The van der Waals surface area contributed by atoms with Crippen LogP contribution in [0.15, 0.2) is 58.5 Å². The lowest BCUT2D eigenvalue weighted by molar-refractivity contribution is 0.192. The van der Waals surface area contributed by atoms with E-state index in [2.05, 4.69) is 4.98 Å². The summed E-state index contributed by atoms with van der Waals surface area (Å²) in [6, 6.07) is 13.5. The monoisotopic (exact) mass is 281 g/mol. The van der Waals surface area contributed by atoms with Crippen molar-refractivity contribution < 1.29 is 9.52 Å². The third-order valence-electron chi connectivity index (χ3n) is 3.35. The molecule has 20 heavy (non-hydrogen) atoms. The predicted octanol–water partition coefficient (Wildman–Crippen LogP) is 4.12. The Hall–Kier alpha value is -2.17. The molecule has 0 saturated carbocycles. The first-order chi connectivity index (χ1) is 9.81. The Bertz CT molecular complexity index is 858. The van der Waals surface area contributed by atoms with Gasteiger partial charge in [-0.25, -0.2) is 0 Å². The van der Waals surface area contributed by atoms with E-state index < -0.39 is 6.10 Å². The highest BCUT2D eigenvalue weighted by molar-refractivity contribution is 7.17. The Kier molecular flexibility index (Phi) is 2.58. The lowest BCUT2D eigenvalue weighted by Gasteiger charge is -2.07. The summed E-state index contributed by atoms with van der Waals surface area (Å²) in [7, 11) is 0. The smallest absolute Gasteiger partial charge is 0.138 e. The third-order valence-corrected chi connectivity index (χ3v) is 4.21. The standard InChI is InChI=1S/C16H11NO2S/c18-16(11-8-15-12(17-9-11)5-6-20-15)14-7-10-3-1-2-4-13(10)19-14/h1-9,16,18H. The number of aliphatic hydroxyl groups is 1. The number of aromatic nitrogens is 1. The topological polar surface area (TPSA) is 46.3 Å². The van der Waals surface area contributed by atoms with Gasteiger partial charge < -0.3 is 9.52 Å². The first-order valence-corrected chi connectivity index (χ1v) is 7.19. The molecule has 0 amide bonds. The van der Waals surface area contributed by atoms with E-state index in [0.717, 1.165) is 26.7 Å². The normalized spacial score (nSPS) is 13.1. The number of pyridine rings is 1. The van der Waals surface area contributed by atoms with Gasteiger partial charge in [0, 0.05) is 17.1 Å². The van der Waals surface area contributed by atoms with E-state index in [-0.39, 0.29) is 0 Å².